The van der Waals surface area contributed by atoms with Gasteiger partial charge in [0.25, 0.3) is 0 Å². The molecule has 1 atom stereocenters. The summed E-state index contributed by atoms with van der Waals surface area (Å²) in [5.74, 6) is 0.436. The van der Waals surface area contributed by atoms with Gasteiger partial charge in [-0.05, 0) is 38.5 Å². The molecule has 2 rings (SSSR count). The first-order chi connectivity index (χ1) is 9.18. The molecule has 0 aromatic heterocycles. The van der Waals surface area contributed by atoms with Gasteiger partial charge < -0.3 is 10.1 Å². The summed E-state index contributed by atoms with van der Waals surface area (Å²) in [5, 5.41) is 12.5. The molecule has 4 nitrogen and oxygen atoms in total. The molecule has 1 aliphatic heterocycles. The Labute approximate surface area is 115 Å². The summed E-state index contributed by atoms with van der Waals surface area (Å²) in [6.45, 7) is 3.63. The molecule has 1 saturated heterocycles. The largest absolute Gasteiger partial charge is 0.381 e. The molecule has 1 aliphatic carbocycles. The number of hydrogen-bond acceptors (Lipinski definition) is 3. The molecule has 1 saturated carbocycles. The third kappa shape index (κ3) is 3.27. The minimum Gasteiger partial charge on any atom is -0.381 e. The second-order valence-electron chi connectivity index (χ2n) is 5.97. The molecule has 0 aromatic carbocycles. The van der Waals surface area contributed by atoms with Crippen molar-refractivity contribution < 1.29 is 9.53 Å². The van der Waals surface area contributed by atoms with Gasteiger partial charge >= 0.3 is 0 Å². The van der Waals surface area contributed by atoms with E-state index in [9.17, 15) is 10.1 Å². The molecule has 19 heavy (non-hydrogen) atoms. The van der Waals surface area contributed by atoms with Gasteiger partial charge in [-0.2, -0.15) is 5.26 Å². The van der Waals surface area contributed by atoms with E-state index in [4.69, 9.17) is 4.74 Å². The lowest BCUT2D eigenvalue weighted by Crippen LogP contribution is -2.48. The van der Waals surface area contributed by atoms with Crippen molar-refractivity contribution in [1.29, 1.82) is 5.26 Å². The fourth-order valence-electron chi connectivity index (χ4n) is 3.22. The van der Waals surface area contributed by atoms with E-state index in [0.717, 1.165) is 58.2 Å². The number of ether oxygens (including phenoxy) is 1. The second-order valence-corrected chi connectivity index (χ2v) is 5.97. The number of amides is 1. The van der Waals surface area contributed by atoms with Crippen molar-refractivity contribution in [3.05, 3.63) is 0 Å². The molecule has 2 fully saturated rings. The van der Waals surface area contributed by atoms with Crippen LogP contribution >= 0.6 is 0 Å². The Hall–Kier alpha value is -1.08. The summed E-state index contributed by atoms with van der Waals surface area (Å²) < 4.78 is 5.35. The van der Waals surface area contributed by atoms with Crippen molar-refractivity contribution in [2.45, 2.75) is 57.9 Å². The third-order valence-corrected chi connectivity index (χ3v) is 4.69. The van der Waals surface area contributed by atoms with Gasteiger partial charge in [-0.15, -0.1) is 0 Å². The minimum absolute atomic E-state index is 0.0475. The third-order valence-electron chi connectivity index (χ3n) is 4.69. The highest BCUT2D eigenvalue weighted by Gasteiger charge is 2.40. The fraction of sp³-hybridized carbons (Fsp3) is 0.867. The molecule has 4 heteroatoms. The summed E-state index contributed by atoms with van der Waals surface area (Å²) in [5.41, 5.74) is -0.766. The number of rotatable bonds is 3. The predicted octanol–water partition coefficient (Wildman–Crippen LogP) is 2.39. The zero-order valence-electron chi connectivity index (χ0n) is 11.8. The van der Waals surface area contributed by atoms with Crippen molar-refractivity contribution in [3.63, 3.8) is 0 Å². The lowest BCUT2D eigenvalue weighted by molar-refractivity contribution is -0.130. The first kappa shape index (κ1) is 14.3. The zero-order chi connectivity index (χ0) is 13.7. The second kappa shape index (κ2) is 6.38. The van der Waals surface area contributed by atoms with Gasteiger partial charge in [0.05, 0.1) is 6.07 Å². The van der Waals surface area contributed by atoms with E-state index in [0.29, 0.717) is 5.92 Å². The lowest BCUT2D eigenvalue weighted by atomic mass is 9.74. The Kier molecular flexibility index (Phi) is 4.81. The maximum atomic E-state index is 12.4. The number of nitrogens with zero attached hydrogens (tertiary/aromatic N) is 1. The molecule has 2 aliphatic rings. The highest BCUT2D eigenvalue weighted by Crippen LogP contribution is 2.36. The van der Waals surface area contributed by atoms with Crippen molar-refractivity contribution >= 4 is 5.91 Å². The van der Waals surface area contributed by atoms with E-state index in [1.165, 1.54) is 0 Å². The van der Waals surface area contributed by atoms with Gasteiger partial charge in [0.2, 0.25) is 5.91 Å². The van der Waals surface area contributed by atoms with E-state index in [1.54, 1.807) is 0 Å². The van der Waals surface area contributed by atoms with Crippen molar-refractivity contribution in [2.75, 3.05) is 13.2 Å². The van der Waals surface area contributed by atoms with E-state index in [-0.39, 0.29) is 11.9 Å². The average molecular weight is 264 g/mol. The Balaban J connectivity index is 1.93. The Morgan fingerprint density at radius 1 is 1.32 bits per heavy atom. The van der Waals surface area contributed by atoms with E-state index < -0.39 is 5.41 Å². The fourth-order valence-corrected chi connectivity index (χ4v) is 3.22. The van der Waals surface area contributed by atoms with Crippen LogP contribution in [0, 0.1) is 22.7 Å². The standard InChI is InChI=1S/C15H24N2O2/c1-12(13-5-9-19-10-6-13)17-14(18)15(11-16)7-3-2-4-8-15/h12-13H,2-10H2,1H3,(H,17,18). The van der Waals surface area contributed by atoms with Crippen LogP contribution in [0.25, 0.3) is 0 Å². The molecule has 1 heterocycles. The van der Waals surface area contributed by atoms with Crippen molar-refractivity contribution in [1.82, 2.24) is 5.32 Å². The van der Waals surface area contributed by atoms with Crippen molar-refractivity contribution in [3.8, 4) is 6.07 Å². The quantitative estimate of drug-likeness (QED) is 0.851. The van der Waals surface area contributed by atoms with Crippen LogP contribution in [0.15, 0.2) is 0 Å². The SMILES string of the molecule is CC(NC(=O)C1(C#N)CCCCC1)C1CCOCC1. The van der Waals surface area contributed by atoms with Crippen LogP contribution in [0.5, 0.6) is 0 Å². The monoisotopic (exact) mass is 264 g/mol. The van der Waals surface area contributed by atoms with Crippen LogP contribution in [0.1, 0.15) is 51.9 Å². The van der Waals surface area contributed by atoms with Crippen LogP contribution < -0.4 is 5.32 Å². The van der Waals surface area contributed by atoms with Gasteiger partial charge in [0.1, 0.15) is 5.41 Å². The molecule has 1 unspecified atom stereocenters. The Bertz CT molecular complexity index is 350. The molecule has 1 N–H and O–H groups in total. The summed E-state index contributed by atoms with van der Waals surface area (Å²) in [6.07, 6.45) is 6.57. The van der Waals surface area contributed by atoms with Crippen LogP contribution in [-0.2, 0) is 9.53 Å². The van der Waals surface area contributed by atoms with E-state index in [2.05, 4.69) is 18.3 Å². The van der Waals surface area contributed by atoms with Gasteiger partial charge in [-0.1, -0.05) is 19.3 Å². The zero-order valence-corrected chi connectivity index (χ0v) is 11.8. The lowest BCUT2D eigenvalue weighted by Gasteiger charge is -2.33. The highest BCUT2D eigenvalue weighted by molar-refractivity contribution is 5.85. The molecule has 1 amide bonds. The van der Waals surface area contributed by atoms with Crippen LogP contribution in [0.4, 0.5) is 0 Å². The maximum absolute atomic E-state index is 12.4. The number of carbonyl (C=O) groups excluding carboxylic acids is 1. The first-order valence-electron chi connectivity index (χ1n) is 7.48. The average Bonchev–Trinajstić information content (AvgIpc) is 2.48. The molecule has 0 radical (unpaired) electrons. The predicted molar refractivity (Wildman–Crippen MR) is 72.3 cm³/mol. The molecule has 106 valence electrons. The van der Waals surface area contributed by atoms with Crippen LogP contribution in [0.2, 0.25) is 0 Å². The number of nitrogens with one attached hydrogen (secondary N) is 1. The van der Waals surface area contributed by atoms with Crippen molar-refractivity contribution in [2.24, 2.45) is 11.3 Å². The van der Waals surface area contributed by atoms with E-state index >= 15 is 0 Å². The first-order valence-corrected chi connectivity index (χ1v) is 7.48. The highest BCUT2D eigenvalue weighted by atomic mass is 16.5. The Morgan fingerprint density at radius 3 is 2.53 bits per heavy atom. The van der Waals surface area contributed by atoms with Gasteiger partial charge in [0.15, 0.2) is 0 Å². The summed E-state index contributed by atoms with van der Waals surface area (Å²) >= 11 is 0. The van der Waals surface area contributed by atoms with Gasteiger partial charge in [-0.25, -0.2) is 0 Å². The van der Waals surface area contributed by atoms with E-state index in [1.807, 2.05) is 0 Å². The molecule has 0 spiro atoms. The maximum Gasteiger partial charge on any atom is 0.240 e. The molecule has 0 aromatic rings. The number of carbonyl (C=O) groups is 1. The number of hydrogen-bond donors (Lipinski definition) is 1. The number of nitriles is 1. The summed E-state index contributed by atoms with van der Waals surface area (Å²) in [6, 6.07) is 2.43. The normalized spacial score (nSPS) is 25.3. The smallest absolute Gasteiger partial charge is 0.240 e. The van der Waals surface area contributed by atoms with Gasteiger partial charge in [0, 0.05) is 19.3 Å². The summed E-state index contributed by atoms with van der Waals surface area (Å²) in [7, 11) is 0. The molecular formula is C15H24N2O2. The van der Waals surface area contributed by atoms with Gasteiger partial charge in [-0.3, -0.25) is 4.79 Å². The van der Waals surface area contributed by atoms with Crippen LogP contribution in [-0.4, -0.2) is 25.2 Å². The minimum atomic E-state index is -0.766. The molecular weight excluding hydrogens is 240 g/mol. The summed E-state index contributed by atoms with van der Waals surface area (Å²) in [4.78, 5) is 12.4. The van der Waals surface area contributed by atoms with Crippen LogP contribution in [0.3, 0.4) is 0 Å². The topological polar surface area (TPSA) is 62.1 Å². The molecule has 0 bridgehead atoms. The Morgan fingerprint density at radius 2 is 1.95 bits per heavy atom.